The summed E-state index contributed by atoms with van der Waals surface area (Å²) in [5, 5.41) is 15.8. The summed E-state index contributed by atoms with van der Waals surface area (Å²) in [5.41, 5.74) is 6.71. The maximum atomic E-state index is 13.4. The molecule has 10 nitrogen and oxygen atoms in total. The molecular weight excluding hydrogens is 534 g/mol. The number of hydrogen-bond acceptors (Lipinski definition) is 7. The number of rotatable bonds is 8. The molecule has 2 heterocycles. The van der Waals surface area contributed by atoms with Crippen molar-refractivity contribution in [2.75, 3.05) is 32.5 Å². The van der Waals surface area contributed by atoms with E-state index >= 15 is 0 Å². The van der Waals surface area contributed by atoms with Crippen LogP contribution in [-0.2, 0) is 10.3 Å². The van der Waals surface area contributed by atoms with E-state index in [-0.39, 0.29) is 36.9 Å². The number of piperidine rings is 1. The molecule has 3 aromatic rings. The average molecular weight is 568 g/mol. The number of ether oxygens (including phenoxy) is 1. The molecule has 0 aliphatic carbocycles. The van der Waals surface area contributed by atoms with Gasteiger partial charge in [-0.3, -0.25) is 14.6 Å². The molecule has 5 N–H and O–H groups in total. The number of carbonyl (C=O) groups excluding carboxylic acids is 2. The van der Waals surface area contributed by atoms with Gasteiger partial charge in [-0.15, -0.1) is 0 Å². The summed E-state index contributed by atoms with van der Waals surface area (Å²) in [6.07, 6.45) is 2.62. The molecule has 1 aliphatic heterocycles. The van der Waals surface area contributed by atoms with E-state index in [0.29, 0.717) is 36.4 Å². The van der Waals surface area contributed by atoms with Gasteiger partial charge in [-0.1, -0.05) is 53.6 Å². The second-order valence-electron chi connectivity index (χ2n) is 10.1. The molecule has 212 valence electrons. The lowest BCUT2D eigenvalue weighted by Crippen LogP contribution is -2.49. The van der Waals surface area contributed by atoms with Crippen LogP contribution in [0.15, 0.2) is 53.5 Å². The van der Waals surface area contributed by atoms with E-state index in [1.165, 1.54) is 13.3 Å². The van der Waals surface area contributed by atoms with Gasteiger partial charge in [0.1, 0.15) is 5.56 Å². The maximum absolute atomic E-state index is 13.4. The van der Waals surface area contributed by atoms with Gasteiger partial charge in [0.2, 0.25) is 0 Å². The SMILES string of the molecule is COC(=O)NCCCC(O)(c1cccc(Cl)c1-c1cccc(C)c1)C1CCCN(C(=O)c2cnc(N)[nH]c2=O)C1. The van der Waals surface area contributed by atoms with Gasteiger partial charge in [0.05, 0.1) is 12.7 Å². The highest BCUT2D eigenvalue weighted by molar-refractivity contribution is 6.33. The number of alkyl carbamates (subject to hydrolysis) is 1. The molecule has 2 unspecified atom stereocenters. The number of anilines is 1. The standard InChI is InChI=1S/C29H34ClN5O5/c1-18-7-3-8-19(15-18)24-22(10-4-11-23(24)30)29(39,12-6-13-32-28(38)40-2)20-9-5-14-35(17-20)26(37)21-16-33-27(31)34-25(21)36/h3-4,7-8,10-11,15-16,20,39H,5-6,9,12-14,17H2,1-2H3,(H,32,38)(H3,31,33,34,36). The van der Waals surface area contributed by atoms with E-state index in [2.05, 4.69) is 20.0 Å². The average Bonchev–Trinajstić information content (AvgIpc) is 2.94. The molecule has 1 saturated heterocycles. The fourth-order valence-electron chi connectivity index (χ4n) is 5.44. The van der Waals surface area contributed by atoms with E-state index < -0.39 is 23.2 Å². The third kappa shape index (κ3) is 6.29. The molecule has 2 aromatic carbocycles. The van der Waals surface area contributed by atoms with Crippen LogP contribution < -0.4 is 16.6 Å². The molecular formula is C29H34ClN5O5. The first-order valence-corrected chi connectivity index (χ1v) is 13.6. The number of aromatic nitrogens is 2. The number of amides is 2. The summed E-state index contributed by atoms with van der Waals surface area (Å²) in [4.78, 5) is 45.2. The molecule has 40 heavy (non-hydrogen) atoms. The summed E-state index contributed by atoms with van der Waals surface area (Å²) < 4.78 is 4.67. The lowest BCUT2D eigenvalue weighted by molar-refractivity contribution is -0.0563. The van der Waals surface area contributed by atoms with Crippen LogP contribution in [0.4, 0.5) is 10.7 Å². The molecule has 0 radical (unpaired) electrons. The van der Waals surface area contributed by atoms with Crippen molar-refractivity contribution >= 4 is 29.5 Å². The molecule has 2 amide bonds. The van der Waals surface area contributed by atoms with Crippen LogP contribution in [0.3, 0.4) is 0 Å². The van der Waals surface area contributed by atoms with Gasteiger partial charge in [0.15, 0.2) is 5.95 Å². The Bertz CT molecular complexity index is 1440. The van der Waals surface area contributed by atoms with Crippen molar-refractivity contribution in [2.24, 2.45) is 5.92 Å². The van der Waals surface area contributed by atoms with Crippen LogP contribution in [0.2, 0.25) is 5.02 Å². The number of H-pyrrole nitrogens is 1. The molecule has 0 bridgehead atoms. The third-order valence-electron chi connectivity index (χ3n) is 7.41. The Morgan fingerprint density at radius 1 is 1.30 bits per heavy atom. The molecule has 4 rings (SSSR count). The summed E-state index contributed by atoms with van der Waals surface area (Å²) >= 11 is 6.77. The normalized spacial score (nSPS) is 16.7. The zero-order chi connectivity index (χ0) is 28.9. The van der Waals surface area contributed by atoms with Crippen molar-refractivity contribution < 1.29 is 19.4 Å². The van der Waals surface area contributed by atoms with E-state index in [0.717, 1.165) is 16.7 Å². The Labute approximate surface area is 237 Å². The number of likely N-dealkylation sites (tertiary alicyclic amines) is 1. The van der Waals surface area contributed by atoms with Crippen LogP contribution in [-0.4, -0.2) is 58.7 Å². The first kappa shape index (κ1) is 29.1. The van der Waals surface area contributed by atoms with Crippen LogP contribution in [0.5, 0.6) is 0 Å². The number of nitrogen functional groups attached to an aromatic ring is 1. The minimum absolute atomic E-state index is 0.0716. The molecule has 1 aliphatic rings. The lowest BCUT2D eigenvalue weighted by atomic mass is 9.72. The smallest absolute Gasteiger partial charge is 0.406 e. The van der Waals surface area contributed by atoms with Crippen molar-refractivity contribution in [3.63, 3.8) is 0 Å². The van der Waals surface area contributed by atoms with Crippen molar-refractivity contribution in [3.05, 3.63) is 80.7 Å². The fourth-order valence-corrected chi connectivity index (χ4v) is 5.72. The Kier molecular flexibility index (Phi) is 9.11. The molecule has 2 atom stereocenters. The first-order valence-electron chi connectivity index (χ1n) is 13.2. The zero-order valence-corrected chi connectivity index (χ0v) is 23.3. The molecule has 0 saturated carbocycles. The number of methoxy groups -OCH3 is 1. The third-order valence-corrected chi connectivity index (χ3v) is 7.72. The van der Waals surface area contributed by atoms with E-state index in [4.69, 9.17) is 17.3 Å². The second-order valence-corrected chi connectivity index (χ2v) is 10.5. The number of nitrogens with one attached hydrogen (secondary N) is 2. The number of benzene rings is 2. The number of aryl methyl sites for hydroxylation is 1. The van der Waals surface area contributed by atoms with Crippen molar-refractivity contribution in [1.29, 1.82) is 0 Å². The number of halogens is 1. The second kappa shape index (κ2) is 12.5. The fraction of sp³-hybridized carbons (Fsp3) is 0.379. The van der Waals surface area contributed by atoms with Gasteiger partial charge in [0, 0.05) is 42.3 Å². The predicted molar refractivity (Wildman–Crippen MR) is 153 cm³/mol. The lowest BCUT2D eigenvalue weighted by Gasteiger charge is -2.43. The van der Waals surface area contributed by atoms with Crippen LogP contribution in [0.25, 0.3) is 11.1 Å². The van der Waals surface area contributed by atoms with Gasteiger partial charge < -0.3 is 25.8 Å². The quantitative estimate of drug-likeness (QED) is 0.302. The highest BCUT2D eigenvalue weighted by Crippen LogP contribution is 2.45. The van der Waals surface area contributed by atoms with Gasteiger partial charge >= 0.3 is 6.09 Å². The topological polar surface area (TPSA) is 151 Å². The van der Waals surface area contributed by atoms with Gasteiger partial charge in [0.25, 0.3) is 11.5 Å². The Balaban J connectivity index is 1.72. The minimum atomic E-state index is -1.41. The summed E-state index contributed by atoms with van der Waals surface area (Å²) in [5.74, 6) is -0.929. The number of aliphatic hydroxyl groups is 1. The highest BCUT2D eigenvalue weighted by atomic mass is 35.5. The maximum Gasteiger partial charge on any atom is 0.406 e. The Morgan fingerprint density at radius 2 is 2.08 bits per heavy atom. The minimum Gasteiger partial charge on any atom is -0.453 e. The number of nitrogens with two attached hydrogens (primary N) is 1. The van der Waals surface area contributed by atoms with Crippen LogP contribution >= 0.6 is 11.6 Å². The number of carbonyl (C=O) groups is 2. The summed E-state index contributed by atoms with van der Waals surface area (Å²) in [6, 6.07) is 13.4. The van der Waals surface area contributed by atoms with Crippen molar-refractivity contribution in [1.82, 2.24) is 20.2 Å². The number of hydrogen-bond donors (Lipinski definition) is 4. The van der Waals surface area contributed by atoms with Gasteiger partial charge in [-0.05, 0) is 49.8 Å². The monoisotopic (exact) mass is 567 g/mol. The first-order chi connectivity index (χ1) is 19.1. The Hall–Kier alpha value is -3.89. The largest absolute Gasteiger partial charge is 0.453 e. The number of aromatic amines is 1. The molecule has 0 spiro atoms. The molecule has 11 heteroatoms. The molecule has 1 aromatic heterocycles. The Morgan fingerprint density at radius 3 is 2.80 bits per heavy atom. The van der Waals surface area contributed by atoms with E-state index in [1.807, 2.05) is 37.3 Å². The van der Waals surface area contributed by atoms with Crippen molar-refractivity contribution in [3.8, 4) is 11.1 Å². The predicted octanol–water partition coefficient (Wildman–Crippen LogP) is 3.86. The summed E-state index contributed by atoms with van der Waals surface area (Å²) in [7, 11) is 1.29. The summed E-state index contributed by atoms with van der Waals surface area (Å²) in [6.45, 7) is 2.92. The van der Waals surface area contributed by atoms with Crippen LogP contribution in [0.1, 0.15) is 47.2 Å². The molecule has 1 fully saturated rings. The van der Waals surface area contributed by atoms with E-state index in [1.54, 1.807) is 17.0 Å². The van der Waals surface area contributed by atoms with Crippen LogP contribution in [0, 0.1) is 12.8 Å². The highest BCUT2D eigenvalue weighted by Gasteiger charge is 2.43. The van der Waals surface area contributed by atoms with Gasteiger partial charge in [-0.25, -0.2) is 9.78 Å². The van der Waals surface area contributed by atoms with Gasteiger partial charge in [-0.2, -0.15) is 0 Å². The zero-order valence-electron chi connectivity index (χ0n) is 22.6. The number of nitrogens with zero attached hydrogens (tertiary/aromatic N) is 2. The van der Waals surface area contributed by atoms with Crippen molar-refractivity contribution in [2.45, 2.75) is 38.2 Å². The van der Waals surface area contributed by atoms with E-state index in [9.17, 15) is 19.5 Å².